The van der Waals surface area contributed by atoms with Crippen LogP contribution in [0.5, 0.6) is 0 Å². The largest absolute Gasteiger partial charge is 0.357 e. The molecule has 0 bridgehead atoms. The highest BCUT2D eigenvalue weighted by atomic mass is 16.1. The fraction of sp³-hybridized carbons (Fsp3) is 0.412. The van der Waals surface area contributed by atoms with E-state index in [1.165, 1.54) is 6.92 Å². The summed E-state index contributed by atoms with van der Waals surface area (Å²) in [6.45, 7) is 4.97. The van der Waals surface area contributed by atoms with Gasteiger partial charge >= 0.3 is 0 Å². The lowest BCUT2D eigenvalue weighted by atomic mass is 10.2. The molecule has 0 fully saturated rings. The molecule has 22 heavy (non-hydrogen) atoms. The zero-order valence-electron chi connectivity index (χ0n) is 13.2. The summed E-state index contributed by atoms with van der Waals surface area (Å²) in [6, 6.07) is 8.20. The van der Waals surface area contributed by atoms with Gasteiger partial charge in [0.1, 0.15) is 0 Å². The van der Waals surface area contributed by atoms with E-state index in [1.807, 2.05) is 24.3 Å². The molecule has 3 N–H and O–H groups in total. The van der Waals surface area contributed by atoms with Crippen molar-refractivity contribution >= 4 is 17.6 Å². The third-order valence-corrected chi connectivity index (χ3v) is 3.36. The highest BCUT2D eigenvalue weighted by molar-refractivity contribution is 5.88. The molecule has 1 amide bonds. The van der Waals surface area contributed by atoms with Gasteiger partial charge in [-0.15, -0.1) is 0 Å². The summed E-state index contributed by atoms with van der Waals surface area (Å²) in [5.41, 5.74) is 1.87. The maximum Gasteiger partial charge on any atom is 0.221 e. The van der Waals surface area contributed by atoms with E-state index in [-0.39, 0.29) is 5.91 Å². The van der Waals surface area contributed by atoms with E-state index in [2.05, 4.69) is 40.0 Å². The summed E-state index contributed by atoms with van der Waals surface area (Å²) >= 11 is 0. The highest BCUT2D eigenvalue weighted by Crippen LogP contribution is 2.12. The molecule has 5 heteroatoms. The zero-order valence-corrected chi connectivity index (χ0v) is 13.2. The number of aliphatic imine (C=N–C) groups is 1. The molecule has 0 atom stereocenters. The monoisotopic (exact) mass is 300 g/mol. The molecule has 0 heterocycles. The summed E-state index contributed by atoms with van der Waals surface area (Å²) in [5, 5.41) is 9.50. The van der Waals surface area contributed by atoms with Crippen molar-refractivity contribution in [1.82, 2.24) is 10.6 Å². The van der Waals surface area contributed by atoms with Gasteiger partial charge in [-0.1, -0.05) is 24.3 Å². The Morgan fingerprint density at radius 3 is 2.77 bits per heavy atom. The Morgan fingerprint density at radius 2 is 2.09 bits per heavy atom. The van der Waals surface area contributed by atoms with Crippen molar-refractivity contribution in [2.75, 3.05) is 11.9 Å². The number of benzene rings is 1. The molecule has 1 aromatic carbocycles. The SMILES string of the molecule is CCNC(=NCc1cccc(NC(C)=O)c1)NC1CC=CC1. The van der Waals surface area contributed by atoms with Crippen LogP contribution in [-0.4, -0.2) is 24.5 Å². The van der Waals surface area contributed by atoms with Gasteiger partial charge in [0.2, 0.25) is 5.91 Å². The van der Waals surface area contributed by atoms with Crippen molar-refractivity contribution in [2.45, 2.75) is 39.3 Å². The molecule has 2 rings (SSSR count). The molecule has 0 spiro atoms. The van der Waals surface area contributed by atoms with E-state index in [0.29, 0.717) is 12.6 Å². The first-order chi connectivity index (χ1) is 10.7. The average Bonchev–Trinajstić information content (AvgIpc) is 2.98. The molecule has 0 aromatic heterocycles. The Balaban J connectivity index is 1.98. The predicted octanol–water partition coefficient (Wildman–Crippen LogP) is 2.42. The number of guanidine groups is 1. The number of hydrogen-bond donors (Lipinski definition) is 3. The van der Waals surface area contributed by atoms with Crippen LogP contribution in [0, 0.1) is 0 Å². The standard InChI is InChI=1S/C17H24N4O/c1-3-18-17(21-15-8-4-5-9-15)19-12-14-7-6-10-16(11-14)20-13(2)22/h4-7,10-11,15H,3,8-9,12H2,1-2H3,(H,20,22)(H2,18,19,21). The number of hydrogen-bond acceptors (Lipinski definition) is 2. The minimum absolute atomic E-state index is 0.0654. The van der Waals surface area contributed by atoms with Gasteiger partial charge in [0.25, 0.3) is 0 Å². The van der Waals surface area contributed by atoms with Crippen LogP contribution in [-0.2, 0) is 11.3 Å². The summed E-state index contributed by atoms with van der Waals surface area (Å²) in [6.07, 6.45) is 6.47. The second-order valence-corrected chi connectivity index (χ2v) is 5.36. The van der Waals surface area contributed by atoms with Gasteiger partial charge in [-0.05, 0) is 37.5 Å². The van der Waals surface area contributed by atoms with Gasteiger partial charge in [0.15, 0.2) is 5.96 Å². The number of carbonyl (C=O) groups excluding carboxylic acids is 1. The average molecular weight is 300 g/mol. The second-order valence-electron chi connectivity index (χ2n) is 5.36. The first kappa shape index (κ1) is 16.1. The van der Waals surface area contributed by atoms with E-state index < -0.39 is 0 Å². The lowest BCUT2D eigenvalue weighted by molar-refractivity contribution is -0.114. The third kappa shape index (κ3) is 5.24. The summed E-state index contributed by atoms with van der Waals surface area (Å²) in [7, 11) is 0. The third-order valence-electron chi connectivity index (χ3n) is 3.36. The van der Waals surface area contributed by atoms with Crippen LogP contribution in [0.15, 0.2) is 41.4 Å². The first-order valence-corrected chi connectivity index (χ1v) is 7.73. The summed E-state index contributed by atoms with van der Waals surface area (Å²) in [4.78, 5) is 15.7. The number of anilines is 1. The van der Waals surface area contributed by atoms with Crippen LogP contribution in [0.2, 0.25) is 0 Å². The Hall–Kier alpha value is -2.30. The van der Waals surface area contributed by atoms with E-state index in [4.69, 9.17) is 0 Å². The molecule has 5 nitrogen and oxygen atoms in total. The predicted molar refractivity (Wildman–Crippen MR) is 90.9 cm³/mol. The highest BCUT2D eigenvalue weighted by Gasteiger charge is 2.11. The van der Waals surface area contributed by atoms with Gasteiger partial charge in [-0.25, -0.2) is 4.99 Å². The Kier molecular flexibility index (Phi) is 6.01. The molecule has 0 unspecified atom stereocenters. The van der Waals surface area contributed by atoms with Gasteiger partial charge < -0.3 is 16.0 Å². The van der Waals surface area contributed by atoms with Gasteiger partial charge in [0.05, 0.1) is 6.54 Å². The minimum atomic E-state index is -0.0654. The smallest absolute Gasteiger partial charge is 0.221 e. The fourth-order valence-corrected chi connectivity index (χ4v) is 2.37. The van der Waals surface area contributed by atoms with Crippen molar-refractivity contribution in [2.24, 2.45) is 4.99 Å². The Morgan fingerprint density at radius 1 is 1.32 bits per heavy atom. The lowest BCUT2D eigenvalue weighted by Crippen LogP contribution is -2.42. The summed E-state index contributed by atoms with van der Waals surface area (Å²) in [5.74, 6) is 0.769. The Bertz CT molecular complexity index is 558. The Labute approximate surface area is 131 Å². The number of nitrogens with zero attached hydrogens (tertiary/aromatic N) is 1. The van der Waals surface area contributed by atoms with Crippen LogP contribution in [0.25, 0.3) is 0 Å². The number of amides is 1. The number of nitrogens with one attached hydrogen (secondary N) is 3. The van der Waals surface area contributed by atoms with Gasteiger partial charge in [-0.2, -0.15) is 0 Å². The van der Waals surface area contributed by atoms with Crippen LogP contribution < -0.4 is 16.0 Å². The van der Waals surface area contributed by atoms with E-state index in [9.17, 15) is 4.79 Å². The van der Waals surface area contributed by atoms with Crippen LogP contribution >= 0.6 is 0 Å². The molecular formula is C17H24N4O. The maximum atomic E-state index is 11.1. The zero-order chi connectivity index (χ0) is 15.8. The van der Waals surface area contributed by atoms with Gasteiger partial charge in [-0.3, -0.25) is 4.79 Å². The number of carbonyl (C=O) groups is 1. The topological polar surface area (TPSA) is 65.5 Å². The van der Waals surface area contributed by atoms with E-state index in [1.54, 1.807) is 0 Å². The van der Waals surface area contributed by atoms with Crippen molar-refractivity contribution in [1.29, 1.82) is 0 Å². The molecule has 0 radical (unpaired) electrons. The minimum Gasteiger partial charge on any atom is -0.357 e. The second kappa shape index (κ2) is 8.22. The molecule has 0 saturated heterocycles. The maximum absolute atomic E-state index is 11.1. The fourth-order valence-electron chi connectivity index (χ4n) is 2.37. The molecular weight excluding hydrogens is 276 g/mol. The molecule has 1 aliphatic carbocycles. The lowest BCUT2D eigenvalue weighted by Gasteiger charge is -2.16. The van der Waals surface area contributed by atoms with E-state index in [0.717, 1.165) is 36.6 Å². The first-order valence-electron chi connectivity index (χ1n) is 7.73. The van der Waals surface area contributed by atoms with Crippen molar-refractivity contribution in [3.05, 3.63) is 42.0 Å². The molecule has 0 saturated carbocycles. The quantitative estimate of drug-likeness (QED) is 0.444. The van der Waals surface area contributed by atoms with Crippen molar-refractivity contribution in [3.63, 3.8) is 0 Å². The summed E-state index contributed by atoms with van der Waals surface area (Å²) < 4.78 is 0. The number of rotatable bonds is 5. The van der Waals surface area contributed by atoms with E-state index >= 15 is 0 Å². The van der Waals surface area contributed by atoms with Crippen LogP contribution in [0.1, 0.15) is 32.3 Å². The van der Waals surface area contributed by atoms with Crippen molar-refractivity contribution < 1.29 is 4.79 Å². The van der Waals surface area contributed by atoms with Crippen LogP contribution in [0.3, 0.4) is 0 Å². The molecule has 1 aromatic rings. The molecule has 118 valence electrons. The van der Waals surface area contributed by atoms with Crippen LogP contribution in [0.4, 0.5) is 5.69 Å². The van der Waals surface area contributed by atoms with Gasteiger partial charge in [0, 0.05) is 25.2 Å². The van der Waals surface area contributed by atoms with Crippen molar-refractivity contribution in [3.8, 4) is 0 Å². The molecule has 1 aliphatic rings. The molecule has 0 aliphatic heterocycles. The normalized spacial score (nSPS) is 14.9.